The van der Waals surface area contributed by atoms with E-state index in [-0.39, 0.29) is 24.0 Å². The largest absolute Gasteiger partial charge is 0.461 e. The van der Waals surface area contributed by atoms with E-state index in [1.54, 1.807) is 6.92 Å². The van der Waals surface area contributed by atoms with Crippen LogP contribution in [0.2, 0.25) is 0 Å². The summed E-state index contributed by atoms with van der Waals surface area (Å²) in [6.45, 7) is 9.60. The van der Waals surface area contributed by atoms with Crippen LogP contribution in [0.3, 0.4) is 0 Å². The maximum atomic E-state index is 12.5. The summed E-state index contributed by atoms with van der Waals surface area (Å²) in [6.07, 6.45) is 4.92. The quantitative estimate of drug-likeness (QED) is 0.273. The van der Waals surface area contributed by atoms with Crippen molar-refractivity contribution in [2.45, 2.75) is 84.3 Å². The van der Waals surface area contributed by atoms with Crippen LogP contribution in [-0.4, -0.2) is 61.5 Å². The third kappa shape index (κ3) is 9.33. The van der Waals surface area contributed by atoms with Gasteiger partial charge < -0.3 is 14.8 Å². The van der Waals surface area contributed by atoms with Gasteiger partial charge in [-0.25, -0.2) is 10.3 Å². The molecule has 1 aliphatic heterocycles. The number of piperazine rings is 1. The lowest BCUT2D eigenvalue weighted by Crippen LogP contribution is -2.54. The summed E-state index contributed by atoms with van der Waals surface area (Å²) < 4.78 is 11.2. The average Bonchev–Trinajstić information content (AvgIpc) is 3.34. The predicted octanol–water partition coefficient (Wildman–Crippen LogP) is 2.95. The fraction of sp³-hybridized carbons (Fsp3) is 0.692. The molecule has 1 saturated heterocycles. The van der Waals surface area contributed by atoms with E-state index in [4.69, 9.17) is 14.3 Å². The zero-order valence-electron chi connectivity index (χ0n) is 20.9. The highest BCUT2D eigenvalue weighted by molar-refractivity contribution is 5.76. The molecule has 2 unspecified atom stereocenters. The van der Waals surface area contributed by atoms with Crippen LogP contribution in [0.5, 0.6) is 0 Å². The molecule has 34 heavy (non-hydrogen) atoms. The molecular weight excluding hydrogens is 434 g/mol. The number of esters is 1. The summed E-state index contributed by atoms with van der Waals surface area (Å²) in [4.78, 5) is 32.1. The van der Waals surface area contributed by atoms with Crippen LogP contribution < -0.4 is 10.8 Å². The second-order valence-corrected chi connectivity index (χ2v) is 9.84. The number of carbonyl (C=O) groups is 2. The van der Waals surface area contributed by atoms with Crippen molar-refractivity contribution in [1.29, 1.82) is 0 Å². The number of hydrogen-bond acceptors (Lipinski definition) is 7. The number of aryl methyl sites for hydroxylation is 1. The van der Waals surface area contributed by atoms with E-state index in [1.807, 2.05) is 0 Å². The highest BCUT2D eigenvalue weighted by atomic mass is 16.8. The first-order valence-electron chi connectivity index (χ1n) is 12.7. The summed E-state index contributed by atoms with van der Waals surface area (Å²) in [5, 5.41) is 3.30. The molecule has 2 N–H and O–H groups in total. The van der Waals surface area contributed by atoms with Gasteiger partial charge in [-0.3, -0.25) is 14.5 Å². The van der Waals surface area contributed by atoms with Gasteiger partial charge in [0.05, 0.1) is 6.61 Å². The first-order valence-corrected chi connectivity index (χ1v) is 12.7. The smallest absolute Gasteiger partial charge is 0.324 e. The lowest BCUT2D eigenvalue weighted by atomic mass is 10.1. The fourth-order valence-corrected chi connectivity index (χ4v) is 4.25. The van der Waals surface area contributed by atoms with Crippen LogP contribution >= 0.6 is 0 Å². The second-order valence-electron chi connectivity index (χ2n) is 9.84. The normalized spacial score (nSPS) is 20.4. The van der Waals surface area contributed by atoms with Gasteiger partial charge in [0.25, 0.3) is 0 Å². The summed E-state index contributed by atoms with van der Waals surface area (Å²) >= 11 is 0. The fourth-order valence-electron chi connectivity index (χ4n) is 4.25. The van der Waals surface area contributed by atoms with E-state index in [0.29, 0.717) is 31.9 Å². The molecule has 1 aromatic rings. The molecule has 0 radical (unpaired) electrons. The van der Waals surface area contributed by atoms with E-state index in [1.165, 1.54) is 5.56 Å². The molecule has 2 atom stereocenters. The van der Waals surface area contributed by atoms with E-state index in [0.717, 1.165) is 50.9 Å². The lowest BCUT2D eigenvalue weighted by molar-refractivity contribution is -0.183. The minimum atomic E-state index is -0.472. The predicted molar refractivity (Wildman–Crippen MR) is 130 cm³/mol. The van der Waals surface area contributed by atoms with Crippen molar-refractivity contribution >= 4 is 11.9 Å². The third-order valence-electron chi connectivity index (χ3n) is 6.20. The van der Waals surface area contributed by atoms with Crippen molar-refractivity contribution in [1.82, 2.24) is 15.7 Å². The molecule has 2 aliphatic rings. The zero-order chi connectivity index (χ0) is 24.3. The van der Waals surface area contributed by atoms with E-state index < -0.39 is 6.29 Å². The van der Waals surface area contributed by atoms with E-state index in [9.17, 15) is 9.59 Å². The standard InChI is InChI=1S/C26H41N3O5/c1-19(2)18-32-20(3)34-28-25(30)13-12-21-8-10-22(11-9-21)16-29-15-14-27-24(17-29)26(31)33-23-6-4-5-7-23/h8-11,19-20,23-24,27H,4-7,12-18H2,1-3H3,(H,28,30). The van der Waals surface area contributed by atoms with Crippen LogP contribution in [0, 0.1) is 5.92 Å². The topological polar surface area (TPSA) is 89.1 Å². The monoisotopic (exact) mass is 475 g/mol. The molecule has 8 heteroatoms. The Bertz CT molecular complexity index is 764. The van der Waals surface area contributed by atoms with Crippen LogP contribution in [-0.2, 0) is 36.9 Å². The van der Waals surface area contributed by atoms with E-state index >= 15 is 0 Å². The van der Waals surface area contributed by atoms with Gasteiger partial charge in [0.2, 0.25) is 5.91 Å². The molecule has 0 spiro atoms. The Kier molecular flexibility index (Phi) is 10.8. The molecule has 3 rings (SSSR count). The number of rotatable bonds is 12. The molecule has 1 aliphatic carbocycles. The van der Waals surface area contributed by atoms with Gasteiger partial charge >= 0.3 is 5.97 Å². The molecule has 1 saturated carbocycles. The number of nitrogens with zero attached hydrogens (tertiary/aromatic N) is 1. The van der Waals surface area contributed by atoms with Gasteiger partial charge in [-0.1, -0.05) is 38.1 Å². The molecule has 190 valence electrons. The Hall–Kier alpha value is -2.00. The van der Waals surface area contributed by atoms with Crippen LogP contribution in [0.1, 0.15) is 64.0 Å². The molecule has 1 aromatic carbocycles. The van der Waals surface area contributed by atoms with Crippen LogP contribution in [0.15, 0.2) is 24.3 Å². The summed E-state index contributed by atoms with van der Waals surface area (Å²) in [7, 11) is 0. The highest BCUT2D eigenvalue weighted by Crippen LogP contribution is 2.21. The average molecular weight is 476 g/mol. The maximum Gasteiger partial charge on any atom is 0.324 e. The first kappa shape index (κ1) is 26.6. The Morgan fingerprint density at radius 1 is 1.12 bits per heavy atom. The highest BCUT2D eigenvalue weighted by Gasteiger charge is 2.29. The van der Waals surface area contributed by atoms with Gasteiger partial charge in [0, 0.05) is 32.6 Å². The Labute approximate surface area is 203 Å². The van der Waals surface area contributed by atoms with Crippen LogP contribution in [0.25, 0.3) is 0 Å². The third-order valence-corrected chi connectivity index (χ3v) is 6.20. The van der Waals surface area contributed by atoms with Crippen molar-refractivity contribution in [3.8, 4) is 0 Å². The van der Waals surface area contributed by atoms with Crippen molar-refractivity contribution in [2.24, 2.45) is 5.92 Å². The van der Waals surface area contributed by atoms with Gasteiger partial charge in [0.1, 0.15) is 12.1 Å². The van der Waals surface area contributed by atoms with Crippen molar-refractivity contribution in [2.75, 3.05) is 26.2 Å². The number of hydroxylamine groups is 1. The molecule has 0 aromatic heterocycles. The summed E-state index contributed by atoms with van der Waals surface area (Å²) in [5.41, 5.74) is 4.75. The molecule has 1 amide bonds. The van der Waals surface area contributed by atoms with E-state index in [2.05, 4.69) is 53.8 Å². The number of amides is 1. The molecule has 1 heterocycles. The maximum absolute atomic E-state index is 12.5. The molecular formula is C26H41N3O5. The first-order chi connectivity index (χ1) is 16.4. The summed E-state index contributed by atoms with van der Waals surface area (Å²) in [5.74, 6) is 0.131. The lowest BCUT2D eigenvalue weighted by Gasteiger charge is -2.33. The second kappa shape index (κ2) is 13.8. The Balaban J connectivity index is 1.36. The Morgan fingerprint density at radius 3 is 2.53 bits per heavy atom. The van der Waals surface area contributed by atoms with Crippen molar-refractivity contribution in [3.05, 3.63) is 35.4 Å². The molecule has 8 nitrogen and oxygen atoms in total. The number of ether oxygens (including phenoxy) is 2. The molecule has 2 fully saturated rings. The number of hydrogen-bond donors (Lipinski definition) is 2. The number of benzene rings is 1. The minimum Gasteiger partial charge on any atom is -0.461 e. The van der Waals surface area contributed by atoms with Gasteiger partial charge in [0.15, 0.2) is 6.29 Å². The van der Waals surface area contributed by atoms with Crippen molar-refractivity contribution < 1.29 is 23.9 Å². The zero-order valence-corrected chi connectivity index (χ0v) is 20.9. The SMILES string of the molecule is CC(C)COC(C)ONC(=O)CCc1ccc(CN2CCNC(C(=O)OC3CCCC3)C2)cc1. The summed E-state index contributed by atoms with van der Waals surface area (Å²) in [6, 6.07) is 8.06. The minimum absolute atomic E-state index is 0.104. The van der Waals surface area contributed by atoms with Crippen molar-refractivity contribution in [3.63, 3.8) is 0 Å². The molecule has 0 bridgehead atoms. The Morgan fingerprint density at radius 2 is 1.82 bits per heavy atom. The number of nitrogens with one attached hydrogen (secondary N) is 2. The van der Waals surface area contributed by atoms with Gasteiger partial charge in [-0.05, 0) is 56.1 Å². The number of carbonyl (C=O) groups excluding carboxylic acids is 2. The van der Waals surface area contributed by atoms with Gasteiger partial charge in [-0.2, -0.15) is 0 Å². The van der Waals surface area contributed by atoms with Gasteiger partial charge in [-0.15, -0.1) is 0 Å². The van der Waals surface area contributed by atoms with Crippen LogP contribution in [0.4, 0.5) is 0 Å².